The number of hydrogen-bond donors (Lipinski definition) is 2. The molecule has 2 nitrogen and oxygen atoms in total. The van der Waals surface area contributed by atoms with Gasteiger partial charge >= 0.3 is 0 Å². The molecule has 2 atom stereocenters. The second-order valence-corrected chi connectivity index (χ2v) is 4.36. The summed E-state index contributed by atoms with van der Waals surface area (Å²) < 4.78 is 26.9. The van der Waals surface area contributed by atoms with Crippen molar-refractivity contribution in [1.29, 1.82) is 0 Å². The van der Waals surface area contributed by atoms with E-state index in [1.165, 1.54) is 24.3 Å². The molecule has 2 rings (SSSR count). The first kappa shape index (κ1) is 13.6. The highest BCUT2D eigenvalue weighted by atomic mass is 19.1. The SMILES string of the molecule is NCC(c1cccc(F)c1)C(O)c1ccccc1F. The normalized spacial score (nSPS) is 14.1. The van der Waals surface area contributed by atoms with Crippen LogP contribution in [-0.2, 0) is 0 Å². The first-order valence-electron chi connectivity index (χ1n) is 6.01. The zero-order chi connectivity index (χ0) is 13.8. The zero-order valence-electron chi connectivity index (χ0n) is 10.3. The summed E-state index contributed by atoms with van der Waals surface area (Å²) in [6.07, 6.45) is -1.10. The van der Waals surface area contributed by atoms with E-state index >= 15 is 0 Å². The summed E-state index contributed by atoms with van der Waals surface area (Å²) in [5.74, 6) is -1.45. The predicted octanol–water partition coefficient (Wildman–Crippen LogP) is 2.74. The molecule has 4 heteroatoms. The van der Waals surface area contributed by atoms with Crippen LogP contribution in [0.15, 0.2) is 48.5 Å². The highest BCUT2D eigenvalue weighted by Gasteiger charge is 2.24. The molecule has 3 N–H and O–H groups in total. The van der Waals surface area contributed by atoms with E-state index in [1.54, 1.807) is 24.3 Å². The topological polar surface area (TPSA) is 46.2 Å². The van der Waals surface area contributed by atoms with Crippen LogP contribution in [0.4, 0.5) is 8.78 Å². The fourth-order valence-corrected chi connectivity index (χ4v) is 2.12. The molecule has 100 valence electrons. The van der Waals surface area contributed by atoms with Gasteiger partial charge in [-0.1, -0.05) is 30.3 Å². The Morgan fingerprint density at radius 2 is 1.79 bits per heavy atom. The molecule has 0 amide bonds. The molecule has 2 aromatic rings. The maximum absolute atomic E-state index is 13.7. The lowest BCUT2D eigenvalue weighted by Crippen LogP contribution is -2.21. The summed E-state index contributed by atoms with van der Waals surface area (Å²) >= 11 is 0. The summed E-state index contributed by atoms with van der Waals surface area (Å²) in [7, 11) is 0. The van der Waals surface area contributed by atoms with Crippen molar-refractivity contribution in [2.24, 2.45) is 5.73 Å². The Morgan fingerprint density at radius 1 is 1.05 bits per heavy atom. The van der Waals surface area contributed by atoms with Crippen molar-refractivity contribution in [1.82, 2.24) is 0 Å². The second-order valence-electron chi connectivity index (χ2n) is 4.36. The van der Waals surface area contributed by atoms with Gasteiger partial charge in [0.05, 0.1) is 6.10 Å². The number of nitrogens with two attached hydrogens (primary N) is 1. The summed E-state index contributed by atoms with van der Waals surface area (Å²) in [5.41, 5.74) is 6.36. The monoisotopic (exact) mass is 263 g/mol. The van der Waals surface area contributed by atoms with Crippen LogP contribution in [-0.4, -0.2) is 11.7 Å². The fraction of sp³-hybridized carbons (Fsp3) is 0.200. The van der Waals surface area contributed by atoms with Gasteiger partial charge in [-0.15, -0.1) is 0 Å². The zero-order valence-corrected chi connectivity index (χ0v) is 10.3. The summed E-state index contributed by atoms with van der Waals surface area (Å²) in [6, 6.07) is 11.8. The first-order chi connectivity index (χ1) is 9.13. The third-order valence-corrected chi connectivity index (χ3v) is 3.14. The lowest BCUT2D eigenvalue weighted by atomic mass is 9.89. The third-order valence-electron chi connectivity index (χ3n) is 3.14. The van der Waals surface area contributed by atoms with E-state index in [-0.39, 0.29) is 12.1 Å². The molecule has 0 aromatic heterocycles. The van der Waals surface area contributed by atoms with Crippen LogP contribution >= 0.6 is 0 Å². The highest BCUT2D eigenvalue weighted by Crippen LogP contribution is 2.31. The van der Waals surface area contributed by atoms with E-state index < -0.39 is 23.7 Å². The highest BCUT2D eigenvalue weighted by molar-refractivity contribution is 5.28. The molecule has 0 aliphatic heterocycles. The Morgan fingerprint density at radius 3 is 2.42 bits per heavy atom. The van der Waals surface area contributed by atoms with E-state index in [4.69, 9.17) is 5.73 Å². The minimum Gasteiger partial charge on any atom is -0.388 e. The number of rotatable bonds is 4. The Labute approximate surface area is 110 Å². The van der Waals surface area contributed by atoms with Crippen LogP contribution < -0.4 is 5.73 Å². The van der Waals surface area contributed by atoms with Gasteiger partial charge in [-0.05, 0) is 23.8 Å². The summed E-state index contributed by atoms with van der Waals surface area (Å²) in [4.78, 5) is 0. The van der Waals surface area contributed by atoms with E-state index in [0.29, 0.717) is 5.56 Å². The largest absolute Gasteiger partial charge is 0.388 e. The average Bonchev–Trinajstić information content (AvgIpc) is 2.40. The molecule has 0 aliphatic carbocycles. The molecule has 0 saturated carbocycles. The van der Waals surface area contributed by atoms with Gasteiger partial charge in [-0.2, -0.15) is 0 Å². The fourth-order valence-electron chi connectivity index (χ4n) is 2.12. The molecule has 0 aliphatic rings. The number of halogens is 2. The van der Waals surface area contributed by atoms with Gasteiger partial charge in [0.25, 0.3) is 0 Å². The summed E-state index contributed by atoms with van der Waals surface area (Å²) in [5, 5.41) is 10.3. The molecule has 0 heterocycles. The molecule has 0 radical (unpaired) electrons. The van der Waals surface area contributed by atoms with Gasteiger partial charge in [0, 0.05) is 18.0 Å². The lowest BCUT2D eigenvalue weighted by Gasteiger charge is -2.22. The first-order valence-corrected chi connectivity index (χ1v) is 6.01. The van der Waals surface area contributed by atoms with Crippen molar-refractivity contribution in [2.75, 3.05) is 6.54 Å². The molecular weight excluding hydrogens is 248 g/mol. The smallest absolute Gasteiger partial charge is 0.129 e. The van der Waals surface area contributed by atoms with Crippen LogP contribution in [0, 0.1) is 11.6 Å². The van der Waals surface area contributed by atoms with Crippen molar-refractivity contribution in [3.05, 3.63) is 71.3 Å². The van der Waals surface area contributed by atoms with Crippen molar-refractivity contribution in [3.63, 3.8) is 0 Å². The van der Waals surface area contributed by atoms with Crippen molar-refractivity contribution < 1.29 is 13.9 Å². The minimum absolute atomic E-state index is 0.0962. The van der Waals surface area contributed by atoms with E-state index in [9.17, 15) is 13.9 Å². The quantitative estimate of drug-likeness (QED) is 0.891. The van der Waals surface area contributed by atoms with Gasteiger partial charge in [0.1, 0.15) is 11.6 Å². The Balaban J connectivity index is 2.35. The molecule has 2 aromatic carbocycles. The van der Waals surface area contributed by atoms with Gasteiger partial charge in [0.15, 0.2) is 0 Å². The van der Waals surface area contributed by atoms with E-state index in [1.807, 2.05) is 0 Å². The molecule has 2 unspecified atom stereocenters. The molecular formula is C15H15F2NO. The lowest BCUT2D eigenvalue weighted by molar-refractivity contribution is 0.143. The van der Waals surface area contributed by atoms with Crippen molar-refractivity contribution >= 4 is 0 Å². The average molecular weight is 263 g/mol. The van der Waals surface area contributed by atoms with Crippen LogP contribution in [0.2, 0.25) is 0 Å². The van der Waals surface area contributed by atoms with Gasteiger partial charge in [-0.3, -0.25) is 0 Å². The van der Waals surface area contributed by atoms with Crippen LogP contribution in [0.1, 0.15) is 23.1 Å². The minimum atomic E-state index is -1.10. The van der Waals surface area contributed by atoms with Crippen LogP contribution in [0.5, 0.6) is 0 Å². The number of aliphatic hydroxyl groups excluding tert-OH is 1. The van der Waals surface area contributed by atoms with Crippen molar-refractivity contribution in [2.45, 2.75) is 12.0 Å². The Kier molecular flexibility index (Phi) is 4.24. The standard InChI is InChI=1S/C15H15F2NO/c16-11-5-3-4-10(8-11)13(9-18)15(19)12-6-1-2-7-14(12)17/h1-8,13,15,19H,9,18H2. The Bertz CT molecular complexity index is 559. The third kappa shape index (κ3) is 2.97. The van der Waals surface area contributed by atoms with Crippen molar-refractivity contribution in [3.8, 4) is 0 Å². The van der Waals surface area contributed by atoms with Gasteiger partial charge in [0.2, 0.25) is 0 Å². The molecule has 0 bridgehead atoms. The Hall–Kier alpha value is -1.78. The van der Waals surface area contributed by atoms with Gasteiger partial charge in [-0.25, -0.2) is 8.78 Å². The molecule has 0 spiro atoms. The summed E-state index contributed by atoms with van der Waals surface area (Å²) in [6.45, 7) is 0.0962. The second kappa shape index (κ2) is 5.91. The van der Waals surface area contributed by atoms with Gasteiger partial charge < -0.3 is 10.8 Å². The maximum Gasteiger partial charge on any atom is 0.129 e. The molecule has 0 saturated heterocycles. The molecule has 19 heavy (non-hydrogen) atoms. The van der Waals surface area contributed by atoms with E-state index in [2.05, 4.69) is 0 Å². The predicted molar refractivity (Wildman–Crippen MR) is 69.6 cm³/mol. The number of aliphatic hydroxyl groups is 1. The molecule has 0 fully saturated rings. The maximum atomic E-state index is 13.7. The number of hydrogen-bond acceptors (Lipinski definition) is 2. The van der Waals surface area contributed by atoms with E-state index in [0.717, 1.165) is 0 Å². The number of benzene rings is 2. The van der Waals surface area contributed by atoms with Crippen LogP contribution in [0.3, 0.4) is 0 Å². The van der Waals surface area contributed by atoms with Crippen LogP contribution in [0.25, 0.3) is 0 Å².